The van der Waals surface area contributed by atoms with Crippen LogP contribution in [0.3, 0.4) is 0 Å². The van der Waals surface area contributed by atoms with Crippen molar-refractivity contribution in [2.24, 2.45) is 14.1 Å². The van der Waals surface area contributed by atoms with Crippen molar-refractivity contribution in [1.29, 1.82) is 0 Å². The monoisotopic (exact) mass is 306 g/mol. The number of pyridine rings is 1. The van der Waals surface area contributed by atoms with Gasteiger partial charge in [0.05, 0.1) is 0 Å². The maximum Gasteiger partial charge on any atom is 0.231 e. The topological polar surface area (TPSA) is 26.1 Å². The molecule has 0 N–H and O–H groups in total. The fraction of sp³-hybridized carbons (Fsp3) is 0.158. The van der Waals surface area contributed by atoms with Gasteiger partial charge in [0.2, 0.25) is 11.5 Å². The average molecular weight is 306 g/mol. The van der Waals surface area contributed by atoms with Crippen molar-refractivity contribution in [3.8, 4) is 22.5 Å². The number of imidazole rings is 2. The molecule has 0 radical (unpaired) electrons. The Kier molecular flexibility index (Phi) is 2.39. The summed E-state index contributed by atoms with van der Waals surface area (Å²) in [5.74, 6) is 0.834. The number of rotatable bonds is 2. The van der Waals surface area contributed by atoms with Crippen LogP contribution < -0.4 is 4.57 Å². The summed E-state index contributed by atoms with van der Waals surface area (Å²) in [6, 6.07) is 11.6. The largest absolute Gasteiger partial charge is 0.308 e. The fourth-order valence-electron chi connectivity index (χ4n) is 2.99. The normalized spacial score (nSPS) is 13.7. The highest BCUT2D eigenvalue weighted by Crippen LogP contribution is 2.27. The number of nitrogens with zero attached hydrogens (tertiary/aromatic N) is 4. The first-order valence-electron chi connectivity index (χ1n) is 8.94. The van der Waals surface area contributed by atoms with Crippen molar-refractivity contribution in [1.82, 2.24) is 14.0 Å². The van der Waals surface area contributed by atoms with Crippen molar-refractivity contribution in [2.75, 3.05) is 0 Å². The number of aryl methyl sites for hydroxylation is 3. The number of fused-ring (bicyclic) bond motifs is 1. The van der Waals surface area contributed by atoms with Crippen LogP contribution in [0, 0.1) is 6.85 Å². The highest BCUT2D eigenvalue weighted by atomic mass is 15.2. The van der Waals surface area contributed by atoms with E-state index in [0.717, 1.165) is 28.3 Å². The maximum absolute atomic E-state index is 7.94. The summed E-state index contributed by atoms with van der Waals surface area (Å²) in [5.41, 5.74) is 3.83. The molecule has 0 saturated heterocycles. The lowest BCUT2D eigenvalue weighted by Crippen LogP contribution is -2.31. The molecule has 0 fully saturated rings. The molecule has 4 rings (SSSR count). The van der Waals surface area contributed by atoms with Crippen LogP contribution in [-0.4, -0.2) is 14.0 Å². The third kappa shape index (κ3) is 2.14. The van der Waals surface area contributed by atoms with Gasteiger partial charge in [-0.05, 0) is 18.0 Å². The highest BCUT2D eigenvalue weighted by Gasteiger charge is 2.19. The Balaban J connectivity index is 2.00. The summed E-state index contributed by atoms with van der Waals surface area (Å²) in [5, 5.41) is 0. The van der Waals surface area contributed by atoms with E-state index in [1.807, 2.05) is 76.4 Å². The van der Waals surface area contributed by atoms with Gasteiger partial charge in [0.1, 0.15) is 12.7 Å². The second kappa shape index (κ2) is 5.09. The molecule has 0 spiro atoms. The standard InChI is InChI=1S/C19H19N4/c1-14-12-21(2)17(11-16(14)15-7-5-4-6-8-15)18-13-23-10-9-20-19(23)22(18)3/h4-13H,1-3H3/q+1/i1D3. The Hall–Kier alpha value is -2.88. The first-order valence-corrected chi connectivity index (χ1v) is 7.44. The number of hydrogen-bond acceptors (Lipinski definition) is 1. The molecule has 0 bridgehead atoms. The smallest absolute Gasteiger partial charge is 0.231 e. The van der Waals surface area contributed by atoms with E-state index in [1.54, 1.807) is 12.4 Å². The van der Waals surface area contributed by atoms with Crippen molar-refractivity contribution in [3.05, 3.63) is 66.7 Å². The molecule has 3 heterocycles. The summed E-state index contributed by atoms with van der Waals surface area (Å²) in [7, 11) is 3.83. The molecule has 0 amide bonds. The molecular formula is C19H19N4+. The SMILES string of the molecule is [2H]C([2H])([2H])c1c[n+](C)c(-c2cn3ccnc3n2C)cc1-c1ccccc1. The molecule has 0 unspecified atom stereocenters. The zero-order valence-corrected chi connectivity index (χ0v) is 13.1. The van der Waals surface area contributed by atoms with E-state index in [9.17, 15) is 0 Å². The third-order valence-corrected chi connectivity index (χ3v) is 4.19. The van der Waals surface area contributed by atoms with Gasteiger partial charge in [-0.3, -0.25) is 4.40 Å². The zero-order valence-electron chi connectivity index (χ0n) is 16.1. The van der Waals surface area contributed by atoms with Crippen molar-refractivity contribution in [3.63, 3.8) is 0 Å². The Bertz CT molecular complexity index is 1090. The molecule has 4 nitrogen and oxygen atoms in total. The summed E-state index contributed by atoms with van der Waals surface area (Å²) in [6.07, 6.45) is 7.36. The van der Waals surface area contributed by atoms with E-state index in [4.69, 9.17) is 4.11 Å². The van der Waals surface area contributed by atoms with Crippen molar-refractivity contribution in [2.45, 2.75) is 6.85 Å². The van der Waals surface area contributed by atoms with Gasteiger partial charge in [0, 0.05) is 41.4 Å². The minimum Gasteiger partial charge on any atom is -0.308 e. The molecule has 0 saturated carbocycles. The highest BCUT2D eigenvalue weighted by molar-refractivity contribution is 5.71. The van der Waals surface area contributed by atoms with Gasteiger partial charge in [-0.15, -0.1) is 0 Å². The summed E-state index contributed by atoms with van der Waals surface area (Å²) in [4.78, 5) is 4.36. The van der Waals surface area contributed by atoms with E-state index in [2.05, 4.69) is 4.98 Å². The number of hydrogen-bond donors (Lipinski definition) is 0. The number of aromatic nitrogens is 4. The maximum atomic E-state index is 7.94. The van der Waals surface area contributed by atoms with E-state index in [-0.39, 0.29) is 0 Å². The average Bonchev–Trinajstić information content (AvgIpc) is 3.18. The fourth-order valence-corrected chi connectivity index (χ4v) is 2.99. The van der Waals surface area contributed by atoms with Crippen molar-refractivity contribution < 1.29 is 8.68 Å². The van der Waals surface area contributed by atoms with Gasteiger partial charge in [-0.25, -0.2) is 4.98 Å². The van der Waals surface area contributed by atoms with Crippen LogP contribution in [-0.2, 0) is 14.1 Å². The minimum atomic E-state index is -2.19. The van der Waals surface area contributed by atoms with E-state index < -0.39 is 6.85 Å². The minimum absolute atomic E-state index is 0.342. The molecule has 4 heteroatoms. The predicted octanol–water partition coefficient (Wildman–Crippen LogP) is 3.14. The van der Waals surface area contributed by atoms with Crippen LogP contribution in [0.2, 0.25) is 0 Å². The van der Waals surface area contributed by atoms with Crippen LogP contribution in [0.4, 0.5) is 0 Å². The molecule has 0 aliphatic rings. The van der Waals surface area contributed by atoms with E-state index >= 15 is 0 Å². The Morgan fingerprint density at radius 2 is 2.04 bits per heavy atom. The van der Waals surface area contributed by atoms with Gasteiger partial charge in [-0.1, -0.05) is 30.3 Å². The Morgan fingerprint density at radius 3 is 2.78 bits per heavy atom. The predicted molar refractivity (Wildman–Crippen MR) is 90.9 cm³/mol. The molecule has 3 aromatic heterocycles. The van der Waals surface area contributed by atoms with E-state index in [0.29, 0.717) is 5.56 Å². The lowest BCUT2D eigenvalue weighted by Gasteiger charge is -2.08. The molecule has 0 atom stereocenters. The first-order chi connectivity index (χ1) is 12.4. The van der Waals surface area contributed by atoms with Gasteiger partial charge in [0.25, 0.3) is 0 Å². The van der Waals surface area contributed by atoms with Gasteiger partial charge < -0.3 is 4.57 Å². The lowest BCUT2D eigenvalue weighted by molar-refractivity contribution is -0.660. The Labute approximate surface area is 139 Å². The molecule has 0 aliphatic carbocycles. The second-order valence-electron chi connectivity index (χ2n) is 5.67. The lowest BCUT2D eigenvalue weighted by atomic mass is 10.0. The molecule has 114 valence electrons. The third-order valence-electron chi connectivity index (χ3n) is 4.19. The van der Waals surface area contributed by atoms with Crippen LogP contribution in [0.15, 0.2) is 61.2 Å². The van der Waals surface area contributed by atoms with Crippen LogP contribution in [0.25, 0.3) is 28.3 Å². The number of benzene rings is 1. The Morgan fingerprint density at radius 1 is 1.22 bits per heavy atom. The van der Waals surface area contributed by atoms with Gasteiger partial charge in [-0.2, -0.15) is 4.57 Å². The van der Waals surface area contributed by atoms with Crippen molar-refractivity contribution >= 4 is 5.78 Å². The zero-order chi connectivity index (χ0) is 18.5. The molecule has 23 heavy (non-hydrogen) atoms. The van der Waals surface area contributed by atoms with Crippen LogP contribution >= 0.6 is 0 Å². The van der Waals surface area contributed by atoms with E-state index in [1.165, 1.54) is 0 Å². The molecular weight excluding hydrogens is 284 g/mol. The molecule has 0 aliphatic heterocycles. The molecule has 4 aromatic rings. The second-order valence-corrected chi connectivity index (χ2v) is 5.67. The van der Waals surface area contributed by atoms with Crippen LogP contribution in [0.1, 0.15) is 9.68 Å². The quantitative estimate of drug-likeness (QED) is 0.523. The summed E-state index contributed by atoms with van der Waals surface area (Å²) >= 11 is 0. The summed E-state index contributed by atoms with van der Waals surface area (Å²) in [6.45, 7) is -2.19. The summed E-state index contributed by atoms with van der Waals surface area (Å²) < 4.78 is 29.6. The van der Waals surface area contributed by atoms with Gasteiger partial charge in [0.15, 0.2) is 6.20 Å². The van der Waals surface area contributed by atoms with Gasteiger partial charge >= 0.3 is 0 Å². The first kappa shape index (κ1) is 10.8. The molecule has 1 aromatic carbocycles. The van der Waals surface area contributed by atoms with Crippen LogP contribution in [0.5, 0.6) is 0 Å².